The molecule has 0 aliphatic rings. The quantitative estimate of drug-likeness (QED) is 0.576. The fraction of sp³-hybridized carbons (Fsp3) is 0.167. The molecule has 0 saturated carbocycles. The SMILES string of the molecule is CC[C@@H](c1ccccc1)c1nn2c(=O)c3ccccc3nc2s1. The maximum absolute atomic E-state index is 12.6. The van der Waals surface area contributed by atoms with Gasteiger partial charge < -0.3 is 0 Å². The summed E-state index contributed by atoms with van der Waals surface area (Å²) in [7, 11) is 0. The molecule has 0 saturated heterocycles. The van der Waals surface area contributed by atoms with Gasteiger partial charge in [0.25, 0.3) is 5.56 Å². The molecular formula is C18H15N3OS. The molecule has 0 spiro atoms. The maximum Gasteiger partial charge on any atom is 0.283 e. The first-order chi connectivity index (χ1) is 11.3. The molecule has 4 nitrogen and oxygen atoms in total. The average Bonchev–Trinajstić information content (AvgIpc) is 3.01. The zero-order valence-electron chi connectivity index (χ0n) is 12.6. The van der Waals surface area contributed by atoms with Crippen molar-refractivity contribution in [2.45, 2.75) is 19.3 Å². The van der Waals surface area contributed by atoms with Gasteiger partial charge in [0.15, 0.2) is 0 Å². The van der Waals surface area contributed by atoms with Crippen LogP contribution in [0.3, 0.4) is 0 Å². The van der Waals surface area contributed by atoms with Gasteiger partial charge in [-0.25, -0.2) is 4.98 Å². The molecule has 0 unspecified atom stereocenters. The highest BCUT2D eigenvalue weighted by molar-refractivity contribution is 7.16. The summed E-state index contributed by atoms with van der Waals surface area (Å²) in [5.74, 6) is 0.186. The summed E-state index contributed by atoms with van der Waals surface area (Å²) in [4.78, 5) is 17.9. The highest BCUT2D eigenvalue weighted by Crippen LogP contribution is 2.30. The summed E-state index contributed by atoms with van der Waals surface area (Å²) in [6.07, 6.45) is 0.929. The molecule has 0 N–H and O–H groups in total. The molecule has 23 heavy (non-hydrogen) atoms. The Morgan fingerprint density at radius 3 is 2.61 bits per heavy atom. The van der Waals surface area contributed by atoms with Crippen LogP contribution in [0.4, 0.5) is 0 Å². The minimum Gasteiger partial charge on any atom is -0.267 e. The molecule has 0 aliphatic carbocycles. The van der Waals surface area contributed by atoms with Crippen LogP contribution in [0, 0.1) is 0 Å². The lowest BCUT2D eigenvalue weighted by molar-refractivity contribution is 0.737. The fourth-order valence-corrected chi connectivity index (χ4v) is 3.96. The van der Waals surface area contributed by atoms with Crippen LogP contribution in [0.1, 0.15) is 29.8 Å². The number of rotatable bonds is 3. The van der Waals surface area contributed by atoms with E-state index in [9.17, 15) is 4.79 Å². The minimum absolute atomic E-state index is 0.101. The van der Waals surface area contributed by atoms with E-state index in [0.29, 0.717) is 10.3 Å². The Labute approximate surface area is 137 Å². The van der Waals surface area contributed by atoms with Gasteiger partial charge in [-0.05, 0) is 24.1 Å². The van der Waals surface area contributed by atoms with Crippen molar-refractivity contribution in [1.82, 2.24) is 14.6 Å². The van der Waals surface area contributed by atoms with E-state index in [1.54, 1.807) is 6.07 Å². The third-order valence-electron chi connectivity index (χ3n) is 4.03. The maximum atomic E-state index is 12.6. The number of hydrogen-bond donors (Lipinski definition) is 0. The summed E-state index contributed by atoms with van der Waals surface area (Å²) in [5, 5.41) is 6.11. The van der Waals surface area contributed by atoms with Gasteiger partial charge in [0.1, 0.15) is 5.01 Å². The lowest BCUT2D eigenvalue weighted by Gasteiger charge is -2.10. The standard InChI is InChI=1S/C18H15N3OS/c1-2-13(12-8-4-3-5-9-12)16-20-21-17(22)14-10-6-7-11-15(14)19-18(21)23-16/h3-11,13H,2H2,1H3/t13-/m0/s1. The summed E-state index contributed by atoms with van der Waals surface area (Å²) in [6.45, 7) is 2.14. The number of para-hydroxylation sites is 1. The largest absolute Gasteiger partial charge is 0.283 e. The predicted molar refractivity (Wildman–Crippen MR) is 93.2 cm³/mol. The van der Waals surface area contributed by atoms with Gasteiger partial charge in [-0.3, -0.25) is 4.79 Å². The third kappa shape index (κ3) is 2.33. The van der Waals surface area contributed by atoms with Gasteiger partial charge in [-0.2, -0.15) is 9.61 Å². The van der Waals surface area contributed by atoms with Crippen molar-refractivity contribution in [3.8, 4) is 0 Å². The van der Waals surface area contributed by atoms with Crippen molar-refractivity contribution in [2.24, 2.45) is 0 Å². The number of benzene rings is 2. The molecule has 0 aliphatic heterocycles. The Balaban J connectivity index is 1.93. The van der Waals surface area contributed by atoms with E-state index in [4.69, 9.17) is 0 Å². The van der Waals surface area contributed by atoms with E-state index in [0.717, 1.165) is 16.9 Å². The Morgan fingerprint density at radius 1 is 1.09 bits per heavy atom. The van der Waals surface area contributed by atoms with Crippen LogP contribution in [0.15, 0.2) is 59.4 Å². The second kappa shape index (κ2) is 5.59. The van der Waals surface area contributed by atoms with Gasteiger partial charge in [0.2, 0.25) is 4.96 Å². The van der Waals surface area contributed by atoms with Gasteiger partial charge in [-0.15, -0.1) is 0 Å². The van der Waals surface area contributed by atoms with Gasteiger partial charge in [-0.1, -0.05) is 60.7 Å². The first-order valence-electron chi connectivity index (χ1n) is 7.61. The van der Waals surface area contributed by atoms with Crippen LogP contribution < -0.4 is 5.56 Å². The predicted octanol–water partition coefficient (Wildman–Crippen LogP) is 3.85. The zero-order chi connectivity index (χ0) is 15.8. The highest BCUT2D eigenvalue weighted by atomic mass is 32.1. The molecule has 0 amide bonds. The molecule has 2 aromatic carbocycles. The molecule has 0 bridgehead atoms. The molecule has 2 heterocycles. The number of hydrogen-bond acceptors (Lipinski definition) is 4. The number of fused-ring (bicyclic) bond motifs is 2. The first kappa shape index (κ1) is 14.1. The zero-order valence-corrected chi connectivity index (χ0v) is 13.5. The molecule has 0 radical (unpaired) electrons. The second-order valence-corrected chi connectivity index (χ2v) is 6.43. The summed E-state index contributed by atoms with van der Waals surface area (Å²) in [6, 6.07) is 17.7. The van der Waals surface area contributed by atoms with Crippen molar-refractivity contribution < 1.29 is 0 Å². The van der Waals surface area contributed by atoms with Gasteiger partial charge in [0, 0.05) is 5.92 Å². The molecule has 5 heteroatoms. The monoisotopic (exact) mass is 321 g/mol. The topological polar surface area (TPSA) is 47.3 Å². The molecular weight excluding hydrogens is 306 g/mol. The molecule has 2 aromatic heterocycles. The normalized spacial score (nSPS) is 12.7. The van der Waals surface area contributed by atoms with Crippen molar-refractivity contribution in [3.63, 3.8) is 0 Å². The highest BCUT2D eigenvalue weighted by Gasteiger charge is 2.18. The van der Waals surface area contributed by atoms with Crippen LogP contribution in [0.25, 0.3) is 15.9 Å². The average molecular weight is 321 g/mol. The fourth-order valence-electron chi connectivity index (χ4n) is 2.85. The van der Waals surface area contributed by atoms with Crippen LogP contribution in [-0.4, -0.2) is 14.6 Å². The lowest BCUT2D eigenvalue weighted by atomic mass is 9.97. The van der Waals surface area contributed by atoms with Crippen LogP contribution in [0.2, 0.25) is 0 Å². The molecule has 0 fully saturated rings. The number of aromatic nitrogens is 3. The van der Waals surface area contributed by atoms with E-state index in [2.05, 4.69) is 29.1 Å². The Morgan fingerprint density at radius 2 is 1.83 bits per heavy atom. The first-order valence-corrected chi connectivity index (χ1v) is 8.43. The lowest BCUT2D eigenvalue weighted by Crippen LogP contribution is -2.15. The van der Waals surface area contributed by atoms with E-state index < -0.39 is 0 Å². The molecule has 114 valence electrons. The Kier molecular flexibility index (Phi) is 3.42. The van der Waals surface area contributed by atoms with Crippen molar-refractivity contribution in [2.75, 3.05) is 0 Å². The van der Waals surface area contributed by atoms with E-state index in [-0.39, 0.29) is 11.5 Å². The van der Waals surface area contributed by atoms with Crippen molar-refractivity contribution in [3.05, 3.63) is 75.5 Å². The van der Waals surface area contributed by atoms with Crippen LogP contribution >= 0.6 is 11.3 Å². The number of nitrogens with zero attached hydrogens (tertiary/aromatic N) is 3. The van der Waals surface area contributed by atoms with Crippen LogP contribution in [-0.2, 0) is 0 Å². The van der Waals surface area contributed by atoms with Gasteiger partial charge in [0.05, 0.1) is 10.9 Å². The smallest absolute Gasteiger partial charge is 0.267 e. The summed E-state index contributed by atoms with van der Waals surface area (Å²) < 4.78 is 1.44. The minimum atomic E-state index is -0.101. The molecule has 4 rings (SSSR count). The van der Waals surface area contributed by atoms with Crippen molar-refractivity contribution >= 4 is 27.2 Å². The van der Waals surface area contributed by atoms with Gasteiger partial charge >= 0.3 is 0 Å². The second-order valence-electron chi connectivity index (χ2n) is 5.44. The van der Waals surface area contributed by atoms with E-state index in [1.165, 1.54) is 21.4 Å². The Bertz CT molecular complexity index is 1040. The summed E-state index contributed by atoms with van der Waals surface area (Å²) in [5.41, 5.74) is 1.84. The van der Waals surface area contributed by atoms with Crippen molar-refractivity contribution in [1.29, 1.82) is 0 Å². The van der Waals surface area contributed by atoms with E-state index >= 15 is 0 Å². The van der Waals surface area contributed by atoms with Crippen LogP contribution in [0.5, 0.6) is 0 Å². The third-order valence-corrected chi connectivity index (χ3v) is 5.05. The molecule has 4 aromatic rings. The summed E-state index contributed by atoms with van der Waals surface area (Å²) >= 11 is 1.49. The molecule has 1 atom stereocenters. The van der Waals surface area contributed by atoms with E-state index in [1.807, 2.05) is 36.4 Å². The Hall–Kier alpha value is -2.53.